The quantitative estimate of drug-likeness (QED) is 0.911. The fraction of sp³-hybridized carbons (Fsp3) is 0.400. The molecule has 0 saturated carbocycles. The molecule has 19 heavy (non-hydrogen) atoms. The van der Waals surface area contributed by atoms with Crippen LogP contribution in [0.25, 0.3) is 0 Å². The number of ether oxygens (including phenoxy) is 1. The molecule has 0 spiro atoms. The van der Waals surface area contributed by atoms with Crippen molar-refractivity contribution >= 4 is 0 Å². The zero-order valence-corrected chi connectivity index (χ0v) is 11.4. The molecule has 0 amide bonds. The van der Waals surface area contributed by atoms with E-state index in [4.69, 9.17) is 4.74 Å². The number of nitrogens with one attached hydrogen (secondary N) is 1. The van der Waals surface area contributed by atoms with Crippen molar-refractivity contribution in [2.24, 2.45) is 7.05 Å². The SMILES string of the molecule is CCNC(c1ccc2c(c1)CCO2)c1ccn(C)n1. The van der Waals surface area contributed by atoms with Gasteiger partial charge in [0.1, 0.15) is 5.75 Å². The van der Waals surface area contributed by atoms with Gasteiger partial charge in [0.05, 0.1) is 18.3 Å². The van der Waals surface area contributed by atoms with Gasteiger partial charge in [0, 0.05) is 19.7 Å². The third-order valence-electron chi connectivity index (χ3n) is 3.49. The Bertz CT molecular complexity index is 577. The fourth-order valence-corrected chi connectivity index (χ4v) is 2.57. The van der Waals surface area contributed by atoms with Crippen LogP contribution in [0, 0.1) is 0 Å². The maximum Gasteiger partial charge on any atom is 0.122 e. The molecule has 1 unspecified atom stereocenters. The summed E-state index contributed by atoms with van der Waals surface area (Å²) < 4.78 is 7.41. The highest BCUT2D eigenvalue weighted by Gasteiger charge is 2.19. The molecule has 1 aliphatic heterocycles. The van der Waals surface area contributed by atoms with Crippen LogP contribution in [0.15, 0.2) is 30.5 Å². The lowest BCUT2D eigenvalue weighted by Crippen LogP contribution is -2.22. The van der Waals surface area contributed by atoms with E-state index in [9.17, 15) is 0 Å². The molecule has 1 aromatic heterocycles. The van der Waals surface area contributed by atoms with Crippen LogP contribution in [0.5, 0.6) is 5.75 Å². The van der Waals surface area contributed by atoms with E-state index in [1.807, 2.05) is 17.9 Å². The maximum absolute atomic E-state index is 5.56. The van der Waals surface area contributed by atoms with Crippen molar-refractivity contribution in [2.45, 2.75) is 19.4 Å². The van der Waals surface area contributed by atoms with Crippen molar-refractivity contribution in [1.82, 2.24) is 15.1 Å². The summed E-state index contributed by atoms with van der Waals surface area (Å²) >= 11 is 0. The van der Waals surface area contributed by atoms with Crippen LogP contribution >= 0.6 is 0 Å². The Hall–Kier alpha value is -1.81. The van der Waals surface area contributed by atoms with E-state index < -0.39 is 0 Å². The van der Waals surface area contributed by atoms with E-state index in [1.165, 1.54) is 11.1 Å². The maximum atomic E-state index is 5.56. The second-order valence-corrected chi connectivity index (χ2v) is 4.87. The third kappa shape index (κ3) is 2.36. The van der Waals surface area contributed by atoms with Crippen molar-refractivity contribution in [3.8, 4) is 5.75 Å². The van der Waals surface area contributed by atoms with Crippen molar-refractivity contribution < 1.29 is 4.74 Å². The molecule has 4 heteroatoms. The Labute approximate surface area is 113 Å². The molecular weight excluding hydrogens is 238 g/mol. The highest BCUT2D eigenvalue weighted by molar-refractivity contribution is 5.42. The van der Waals surface area contributed by atoms with Gasteiger partial charge in [-0.3, -0.25) is 4.68 Å². The molecule has 0 saturated heterocycles. The number of hydrogen-bond donors (Lipinski definition) is 1. The van der Waals surface area contributed by atoms with Gasteiger partial charge < -0.3 is 10.1 Å². The Balaban J connectivity index is 1.95. The van der Waals surface area contributed by atoms with E-state index in [1.54, 1.807) is 0 Å². The summed E-state index contributed by atoms with van der Waals surface area (Å²) in [4.78, 5) is 0. The number of aryl methyl sites for hydroxylation is 1. The van der Waals surface area contributed by atoms with Crippen molar-refractivity contribution in [2.75, 3.05) is 13.2 Å². The number of nitrogens with zero attached hydrogens (tertiary/aromatic N) is 2. The molecule has 3 rings (SSSR count). The van der Waals surface area contributed by atoms with Crippen molar-refractivity contribution in [3.63, 3.8) is 0 Å². The first-order valence-electron chi connectivity index (χ1n) is 6.76. The van der Waals surface area contributed by atoms with Gasteiger partial charge in [-0.05, 0) is 29.8 Å². The molecular formula is C15H19N3O. The van der Waals surface area contributed by atoms with Crippen molar-refractivity contribution in [1.29, 1.82) is 0 Å². The molecule has 1 atom stereocenters. The summed E-state index contributed by atoms with van der Waals surface area (Å²) in [6.45, 7) is 3.83. The van der Waals surface area contributed by atoms with E-state index in [0.717, 1.165) is 31.0 Å². The Morgan fingerprint density at radius 3 is 3.05 bits per heavy atom. The second kappa shape index (κ2) is 5.05. The van der Waals surface area contributed by atoms with Gasteiger partial charge in [-0.15, -0.1) is 0 Å². The van der Waals surface area contributed by atoms with Gasteiger partial charge in [-0.1, -0.05) is 19.1 Å². The molecule has 100 valence electrons. The predicted molar refractivity (Wildman–Crippen MR) is 74.4 cm³/mol. The minimum absolute atomic E-state index is 0.150. The van der Waals surface area contributed by atoms with Gasteiger partial charge >= 0.3 is 0 Å². The van der Waals surface area contributed by atoms with Crippen LogP contribution < -0.4 is 10.1 Å². The molecule has 1 aromatic carbocycles. The molecule has 0 fully saturated rings. The minimum atomic E-state index is 0.150. The average molecular weight is 257 g/mol. The smallest absolute Gasteiger partial charge is 0.122 e. The van der Waals surface area contributed by atoms with Gasteiger partial charge in [0.15, 0.2) is 0 Å². The molecule has 1 N–H and O–H groups in total. The van der Waals surface area contributed by atoms with E-state index >= 15 is 0 Å². The van der Waals surface area contributed by atoms with Crippen LogP contribution in [0.2, 0.25) is 0 Å². The summed E-state index contributed by atoms with van der Waals surface area (Å²) in [6.07, 6.45) is 2.99. The van der Waals surface area contributed by atoms with E-state index in [-0.39, 0.29) is 6.04 Å². The number of rotatable bonds is 4. The van der Waals surface area contributed by atoms with Crippen LogP contribution in [-0.2, 0) is 13.5 Å². The van der Waals surface area contributed by atoms with Gasteiger partial charge in [-0.25, -0.2) is 0 Å². The zero-order valence-electron chi connectivity index (χ0n) is 11.4. The number of aromatic nitrogens is 2. The van der Waals surface area contributed by atoms with Crippen LogP contribution in [-0.4, -0.2) is 22.9 Å². The predicted octanol–water partition coefficient (Wildman–Crippen LogP) is 2.05. The standard InChI is InChI=1S/C15H19N3O/c1-3-16-15(13-6-8-18(2)17-13)12-4-5-14-11(10-12)7-9-19-14/h4-6,8,10,15-16H,3,7,9H2,1-2H3. The molecule has 0 radical (unpaired) electrons. The first-order valence-corrected chi connectivity index (χ1v) is 6.76. The van der Waals surface area contributed by atoms with Crippen LogP contribution in [0.3, 0.4) is 0 Å². The summed E-state index contributed by atoms with van der Waals surface area (Å²) in [7, 11) is 1.95. The molecule has 2 aromatic rings. The summed E-state index contributed by atoms with van der Waals surface area (Å²) in [5.74, 6) is 1.03. The second-order valence-electron chi connectivity index (χ2n) is 4.87. The largest absolute Gasteiger partial charge is 0.493 e. The monoisotopic (exact) mass is 257 g/mol. The molecule has 1 aliphatic rings. The highest BCUT2D eigenvalue weighted by atomic mass is 16.5. The van der Waals surface area contributed by atoms with Crippen molar-refractivity contribution in [3.05, 3.63) is 47.3 Å². The van der Waals surface area contributed by atoms with E-state index in [2.05, 4.69) is 41.6 Å². The summed E-state index contributed by atoms with van der Waals surface area (Å²) in [6, 6.07) is 8.66. The fourth-order valence-electron chi connectivity index (χ4n) is 2.57. The molecule has 0 bridgehead atoms. The van der Waals surface area contributed by atoms with Gasteiger partial charge in [0.2, 0.25) is 0 Å². The van der Waals surface area contributed by atoms with Gasteiger partial charge in [-0.2, -0.15) is 5.10 Å². The number of benzene rings is 1. The third-order valence-corrected chi connectivity index (χ3v) is 3.49. The Kier molecular flexibility index (Phi) is 3.25. The Morgan fingerprint density at radius 1 is 1.42 bits per heavy atom. The van der Waals surface area contributed by atoms with Crippen LogP contribution in [0.4, 0.5) is 0 Å². The van der Waals surface area contributed by atoms with E-state index in [0.29, 0.717) is 0 Å². The lowest BCUT2D eigenvalue weighted by Gasteiger charge is -2.17. The zero-order chi connectivity index (χ0) is 13.2. The summed E-state index contributed by atoms with van der Waals surface area (Å²) in [5, 5.41) is 8.03. The first kappa shape index (κ1) is 12.2. The van der Waals surface area contributed by atoms with Gasteiger partial charge in [0.25, 0.3) is 0 Å². The first-order chi connectivity index (χ1) is 9.28. The lowest BCUT2D eigenvalue weighted by molar-refractivity contribution is 0.357. The topological polar surface area (TPSA) is 39.1 Å². The normalized spacial score (nSPS) is 15.1. The molecule has 0 aliphatic carbocycles. The molecule has 2 heterocycles. The summed E-state index contributed by atoms with van der Waals surface area (Å²) in [5.41, 5.74) is 3.62. The number of hydrogen-bond acceptors (Lipinski definition) is 3. The Morgan fingerprint density at radius 2 is 2.32 bits per heavy atom. The minimum Gasteiger partial charge on any atom is -0.493 e. The average Bonchev–Trinajstić information content (AvgIpc) is 3.03. The lowest BCUT2D eigenvalue weighted by atomic mass is 10.0. The highest BCUT2D eigenvalue weighted by Crippen LogP contribution is 2.30. The van der Waals surface area contributed by atoms with Crippen LogP contribution in [0.1, 0.15) is 29.8 Å². The molecule has 4 nitrogen and oxygen atoms in total. The number of fused-ring (bicyclic) bond motifs is 1.